The topological polar surface area (TPSA) is 61.1 Å². The van der Waals surface area contributed by atoms with E-state index in [0.717, 1.165) is 0 Å². The van der Waals surface area contributed by atoms with E-state index in [2.05, 4.69) is 0 Å². The molecular formula is C13H13F2NO2. The zero-order valence-corrected chi connectivity index (χ0v) is 9.70. The Morgan fingerprint density at radius 1 is 1.28 bits per heavy atom. The Morgan fingerprint density at radius 3 is 2.39 bits per heavy atom. The minimum Gasteiger partial charge on any atom is -0.481 e. The van der Waals surface area contributed by atoms with Gasteiger partial charge in [0, 0.05) is 12.8 Å². The quantitative estimate of drug-likeness (QED) is 0.847. The molecule has 1 aromatic carbocycles. The first-order valence-corrected chi connectivity index (χ1v) is 5.51. The second kappa shape index (κ2) is 6.10. The molecule has 1 aromatic rings. The van der Waals surface area contributed by atoms with Crippen LogP contribution < -0.4 is 0 Å². The molecule has 1 N–H and O–H groups in total. The number of rotatable bonds is 6. The molecule has 0 heterocycles. The van der Waals surface area contributed by atoms with Crippen molar-refractivity contribution < 1.29 is 18.7 Å². The molecule has 0 aliphatic heterocycles. The maximum absolute atomic E-state index is 13.3. The van der Waals surface area contributed by atoms with Gasteiger partial charge in [0.05, 0.1) is 18.1 Å². The maximum atomic E-state index is 13.3. The maximum Gasteiger partial charge on any atom is 0.303 e. The van der Waals surface area contributed by atoms with Crippen molar-refractivity contribution in [1.82, 2.24) is 0 Å². The van der Waals surface area contributed by atoms with Crippen molar-refractivity contribution in [3.8, 4) is 6.07 Å². The smallest absolute Gasteiger partial charge is 0.303 e. The monoisotopic (exact) mass is 253 g/mol. The molecule has 0 unspecified atom stereocenters. The molecule has 96 valence electrons. The third kappa shape index (κ3) is 4.91. The summed E-state index contributed by atoms with van der Waals surface area (Å²) in [6.45, 7) is 0. The van der Waals surface area contributed by atoms with Crippen LogP contribution in [0.5, 0.6) is 0 Å². The molecule has 0 saturated carbocycles. The highest BCUT2D eigenvalue weighted by Gasteiger charge is 2.28. The number of alkyl halides is 2. The van der Waals surface area contributed by atoms with Crippen LogP contribution >= 0.6 is 0 Å². The molecule has 0 radical (unpaired) electrons. The number of nitriles is 1. The van der Waals surface area contributed by atoms with E-state index < -0.39 is 24.7 Å². The summed E-state index contributed by atoms with van der Waals surface area (Å²) in [6.07, 6.45) is -1.39. The van der Waals surface area contributed by atoms with Crippen LogP contribution in [-0.2, 0) is 11.2 Å². The van der Waals surface area contributed by atoms with Gasteiger partial charge in [-0.1, -0.05) is 12.1 Å². The average molecular weight is 253 g/mol. The third-order valence-corrected chi connectivity index (χ3v) is 2.57. The number of hydrogen-bond acceptors (Lipinski definition) is 2. The first kappa shape index (κ1) is 14.1. The van der Waals surface area contributed by atoms with E-state index in [-0.39, 0.29) is 12.8 Å². The summed E-state index contributed by atoms with van der Waals surface area (Å²) in [7, 11) is 0. The zero-order valence-electron chi connectivity index (χ0n) is 9.70. The molecule has 0 spiro atoms. The molecule has 5 heteroatoms. The zero-order chi connectivity index (χ0) is 13.6. The molecule has 0 aliphatic rings. The third-order valence-electron chi connectivity index (χ3n) is 2.57. The lowest BCUT2D eigenvalue weighted by atomic mass is 10.0. The van der Waals surface area contributed by atoms with Gasteiger partial charge in [-0.3, -0.25) is 4.79 Å². The Hall–Kier alpha value is -1.96. The molecule has 18 heavy (non-hydrogen) atoms. The predicted octanol–water partition coefficient (Wildman–Crippen LogP) is 2.99. The number of benzene rings is 1. The van der Waals surface area contributed by atoms with E-state index >= 15 is 0 Å². The molecule has 0 aliphatic carbocycles. The van der Waals surface area contributed by atoms with E-state index in [1.807, 2.05) is 6.07 Å². The predicted molar refractivity (Wildman–Crippen MR) is 61.3 cm³/mol. The van der Waals surface area contributed by atoms with Gasteiger partial charge in [-0.05, 0) is 24.1 Å². The lowest BCUT2D eigenvalue weighted by Gasteiger charge is -2.14. The van der Waals surface area contributed by atoms with E-state index in [1.54, 1.807) is 24.3 Å². The van der Waals surface area contributed by atoms with Crippen LogP contribution in [0.25, 0.3) is 0 Å². The fourth-order valence-electron chi connectivity index (χ4n) is 1.49. The lowest BCUT2D eigenvalue weighted by molar-refractivity contribution is -0.139. The van der Waals surface area contributed by atoms with Crippen LogP contribution in [0.1, 0.15) is 30.4 Å². The van der Waals surface area contributed by atoms with Gasteiger partial charge in [0.2, 0.25) is 5.92 Å². The number of hydrogen-bond donors (Lipinski definition) is 1. The van der Waals surface area contributed by atoms with Crippen LogP contribution in [-0.4, -0.2) is 17.0 Å². The summed E-state index contributed by atoms with van der Waals surface area (Å²) in [5.41, 5.74) is 1.19. The SMILES string of the molecule is N#Cc1ccc(CCC(F)(F)CCC(=O)O)cc1. The van der Waals surface area contributed by atoms with Crippen LogP contribution in [0.4, 0.5) is 8.78 Å². The molecule has 0 amide bonds. The fourth-order valence-corrected chi connectivity index (χ4v) is 1.49. The lowest BCUT2D eigenvalue weighted by Crippen LogP contribution is -2.18. The van der Waals surface area contributed by atoms with Gasteiger partial charge in [-0.15, -0.1) is 0 Å². The van der Waals surface area contributed by atoms with Crippen molar-refractivity contribution in [2.45, 2.75) is 31.6 Å². The van der Waals surface area contributed by atoms with E-state index in [9.17, 15) is 13.6 Å². The van der Waals surface area contributed by atoms with Crippen LogP contribution in [0.3, 0.4) is 0 Å². The van der Waals surface area contributed by atoms with Crippen molar-refractivity contribution in [2.24, 2.45) is 0 Å². The first-order valence-electron chi connectivity index (χ1n) is 5.51. The molecule has 3 nitrogen and oxygen atoms in total. The number of nitrogens with zero attached hydrogens (tertiary/aromatic N) is 1. The Bertz CT molecular complexity index is 449. The average Bonchev–Trinajstić information content (AvgIpc) is 2.35. The number of aryl methyl sites for hydroxylation is 1. The number of carbonyl (C=O) groups is 1. The molecule has 0 fully saturated rings. The second-order valence-corrected chi connectivity index (χ2v) is 4.06. The van der Waals surface area contributed by atoms with Gasteiger partial charge in [-0.2, -0.15) is 5.26 Å². The first-order chi connectivity index (χ1) is 8.43. The highest BCUT2D eigenvalue weighted by atomic mass is 19.3. The van der Waals surface area contributed by atoms with E-state index in [1.165, 1.54) is 0 Å². The van der Waals surface area contributed by atoms with Gasteiger partial charge in [-0.25, -0.2) is 8.78 Å². The van der Waals surface area contributed by atoms with Crippen molar-refractivity contribution in [3.05, 3.63) is 35.4 Å². The van der Waals surface area contributed by atoms with Crippen molar-refractivity contribution >= 4 is 5.97 Å². The summed E-state index contributed by atoms with van der Waals surface area (Å²) in [4.78, 5) is 10.2. The molecule has 1 rings (SSSR count). The Kier molecular flexibility index (Phi) is 4.78. The number of carboxylic acid groups (broad SMARTS) is 1. The second-order valence-electron chi connectivity index (χ2n) is 4.06. The normalized spacial score (nSPS) is 10.9. The van der Waals surface area contributed by atoms with Gasteiger partial charge < -0.3 is 5.11 Å². The summed E-state index contributed by atoms with van der Waals surface area (Å²) >= 11 is 0. The van der Waals surface area contributed by atoms with Crippen LogP contribution in [0, 0.1) is 11.3 Å². The van der Waals surface area contributed by atoms with Gasteiger partial charge in [0.1, 0.15) is 0 Å². The Labute approximate surface area is 104 Å². The number of halogens is 2. The van der Waals surface area contributed by atoms with E-state index in [4.69, 9.17) is 10.4 Å². The summed E-state index contributed by atoms with van der Waals surface area (Å²) in [5.74, 6) is -4.18. The molecule has 0 atom stereocenters. The number of aliphatic carboxylic acids is 1. The Morgan fingerprint density at radius 2 is 1.89 bits per heavy atom. The molecular weight excluding hydrogens is 240 g/mol. The fraction of sp³-hybridized carbons (Fsp3) is 0.385. The summed E-state index contributed by atoms with van der Waals surface area (Å²) in [5, 5.41) is 16.9. The summed E-state index contributed by atoms with van der Waals surface area (Å²) in [6, 6.07) is 8.36. The molecule has 0 aromatic heterocycles. The van der Waals surface area contributed by atoms with Crippen molar-refractivity contribution in [2.75, 3.05) is 0 Å². The highest BCUT2D eigenvalue weighted by Crippen LogP contribution is 2.26. The summed E-state index contributed by atoms with van der Waals surface area (Å²) < 4.78 is 26.6. The van der Waals surface area contributed by atoms with Gasteiger partial charge in [0.15, 0.2) is 0 Å². The number of carboxylic acids is 1. The van der Waals surface area contributed by atoms with E-state index in [0.29, 0.717) is 11.1 Å². The van der Waals surface area contributed by atoms with Gasteiger partial charge in [0.25, 0.3) is 0 Å². The Balaban J connectivity index is 2.48. The largest absolute Gasteiger partial charge is 0.481 e. The van der Waals surface area contributed by atoms with Crippen molar-refractivity contribution in [1.29, 1.82) is 5.26 Å². The van der Waals surface area contributed by atoms with Crippen molar-refractivity contribution in [3.63, 3.8) is 0 Å². The minimum absolute atomic E-state index is 0.165. The van der Waals surface area contributed by atoms with Crippen LogP contribution in [0.15, 0.2) is 24.3 Å². The highest BCUT2D eigenvalue weighted by molar-refractivity contribution is 5.66. The minimum atomic E-state index is -2.97. The van der Waals surface area contributed by atoms with Crippen LogP contribution in [0.2, 0.25) is 0 Å². The standard InChI is InChI=1S/C13H13F2NO2/c14-13(15,8-6-12(17)18)7-5-10-1-3-11(9-16)4-2-10/h1-4H,5-8H2,(H,17,18). The molecule has 0 bridgehead atoms. The van der Waals surface area contributed by atoms with Gasteiger partial charge >= 0.3 is 5.97 Å². The molecule has 0 saturated heterocycles.